The second-order valence-electron chi connectivity index (χ2n) is 5.74. The topological polar surface area (TPSA) is 86.8 Å². The zero-order valence-electron chi connectivity index (χ0n) is 13.7. The van der Waals surface area contributed by atoms with Gasteiger partial charge in [0, 0.05) is 12.2 Å². The number of amides is 5. The van der Waals surface area contributed by atoms with Crippen molar-refractivity contribution in [2.24, 2.45) is 0 Å². The van der Waals surface area contributed by atoms with Crippen LogP contribution < -0.4 is 5.32 Å². The monoisotopic (exact) mass is 339 g/mol. The molecule has 0 radical (unpaired) electrons. The second-order valence-corrected chi connectivity index (χ2v) is 5.74. The van der Waals surface area contributed by atoms with Gasteiger partial charge in [-0.2, -0.15) is 0 Å². The zero-order valence-corrected chi connectivity index (χ0v) is 13.7. The quantitative estimate of drug-likeness (QED) is 0.666. The van der Waals surface area contributed by atoms with Gasteiger partial charge in [-0.3, -0.25) is 19.3 Å². The van der Waals surface area contributed by atoms with Crippen molar-refractivity contribution in [1.82, 2.24) is 9.80 Å². The van der Waals surface area contributed by atoms with Crippen molar-refractivity contribution in [2.75, 3.05) is 18.4 Å². The molecule has 0 aliphatic carbocycles. The van der Waals surface area contributed by atoms with Gasteiger partial charge in [0.05, 0.1) is 0 Å². The highest BCUT2D eigenvalue weighted by atomic mass is 16.2. The molecule has 0 saturated carbocycles. The Hall–Kier alpha value is -3.22. The molecule has 7 nitrogen and oxygen atoms in total. The van der Waals surface area contributed by atoms with Crippen LogP contribution in [0.15, 0.2) is 42.5 Å². The van der Waals surface area contributed by atoms with Gasteiger partial charge in [0.15, 0.2) is 0 Å². The van der Waals surface area contributed by atoms with E-state index in [2.05, 4.69) is 5.32 Å². The minimum Gasteiger partial charge on any atom is -0.325 e. The van der Waals surface area contributed by atoms with Crippen LogP contribution in [-0.4, -0.2) is 46.6 Å². The van der Waals surface area contributed by atoms with Crippen molar-refractivity contribution >= 4 is 40.2 Å². The number of carbonyl (C=O) groups is 4. The number of urea groups is 1. The van der Waals surface area contributed by atoms with E-state index in [1.165, 1.54) is 0 Å². The van der Waals surface area contributed by atoms with Crippen LogP contribution in [0.4, 0.5) is 10.5 Å². The van der Waals surface area contributed by atoms with Gasteiger partial charge in [0.25, 0.3) is 0 Å². The average Bonchev–Trinajstić information content (AvgIpc) is 2.80. The minimum absolute atomic E-state index is 0.159. The Bertz CT molecular complexity index is 878. The molecule has 1 heterocycles. The van der Waals surface area contributed by atoms with E-state index in [9.17, 15) is 19.2 Å². The molecule has 2 aromatic rings. The summed E-state index contributed by atoms with van der Waals surface area (Å²) in [7, 11) is 0. The molecule has 25 heavy (non-hydrogen) atoms. The van der Waals surface area contributed by atoms with Gasteiger partial charge in [0.1, 0.15) is 6.54 Å². The number of fused-ring (bicyclic) bond motifs is 1. The molecule has 1 aliphatic heterocycles. The first-order valence-corrected chi connectivity index (χ1v) is 7.97. The van der Waals surface area contributed by atoms with Crippen LogP contribution in [0.25, 0.3) is 10.8 Å². The molecule has 1 aliphatic rings. The summed E-state index contributed by atoms with van der Waals surface area (Å²) in [6, 6.07) is 12.3. The lowest BCUT2D eigenvalue weighted by molar-refractivity contribution is -0.143. The summed E-state index contributed by atoms with van der Waals surface area (Å²) in [6.45, 7) is 1.46. The molecule has 0 spiro atoms. The average molecular weight is 339 g/mol. The number of imide groups is 2. The SMILES string of the molecule is CCCN1C(=O)C(=O)N(CC(=O)Nc2ccc3ccccc3c2)C1=O. The number of carbonyl (C=O) groups excluding carboxylic acids is 4. The summed E-state index contributed by atoms with van der Waals surface area (Å²) in [6.07, 6.45) is 0.544. The Morgan fingerprint density at radius 2 is 1.64 bits per heavy atom. The van der Waals surface area contributed by atoms with Crippen LogP contribution in [0.2, 0.25) is 0 Å². The van der Waals surface area contributed by atoms with Gasteiger partial charge in [-0.25, -0.2) is 9.69 Å². The van der Waals surface area contributed by atoms with Crippen molar-refractivity contribution in [3.05, 3.63) is 42.5 Å². The van der Waals surface area contributed by atoms with Gasteiger partial charge >= 0.3 is 17.8 Å². The lowest BCUT2D eigenvalue weighted by Crippen LogP contribution is -2.39. The van der Waals surface area contributed by atoms with E-state index in [0.29, 0.717) is 17.0 Å². The number of anilines is 1. The largest absolute Gasteiger partial charge is 0.334 e. The molecule has 3 rings (SSSR count). The summed E-state index contributed by atoms with van der Waals surface area (Å²) in [5.74, 6) is -2.39. The molecule has 0 unspecified atom stereocenters. The normalized spacial score (nSPS) is 14.5. The number of rotatable bonds is 5. The van der Waals surface area contributed by atoms with Crippen LogP contribution in [-0.2, 0) is 14.4 Å². The third-order valence-corrected chi connectivity index (χ3v) is 3.92. The van der Waals surface area contributed by atoms with Crippen molar-refractivity contribution < 1.29 is 19.2 Å². The number of benzene rings is 2. The molecule has 7 heteroatoms. The van der Waals surface area contributed by atoms with Gasteiger partial charge in [-0.15, -0.1) is 0 Å². The van der Waals surface area contributed by atoms with Crippen LogP contribution in [0.3, 0.4) is 0 Å². The first-order valence-electron chi connectivity index (χ1n) is 7.97. The van der Waals surface area contributed by atoms with Gasteiger partial charge < -0.3 is 5.32 Å². The predicted octanol–water partition coefficient (Wildman–Crippen LogP) is 1.98. The Labute approximate surface area is 144 Å². The third kappa shape index (κ3) is 3.21. The molecule has 1 N–H and O–H groups in total. The van der Waals surface area contributed by atoms with E-state index < -0.39 is 30.3 Å². The van der Waals surface area contributed by atoms with E-state index in [0.717, 1.165) is 15.7 Å². The highest BCUT2D eigenvalue weighted by Gasteiger charge is 2.44. The fourth-order valence-corrected chi connectivity index (χ4v) is 2.72. The molecule has 1 saturated heterocycles. The number of nitrogens with zero attached hydrogens (tertiary/aromatic N) is 2. The van der Waals surface area contributed by atoms with E-state index in [4.69, 9.17) is 0 Å². The zero-order chi connectivity index (χ0) is 18.0. The van der Waals surface area contributed by atoms with E-state index in [1.807, 2.05) is 30.3 Å². The summed E-state index contributed by atoms with van der Waals surface area (Å²) in [4.78, 5) is 49.5. The minimum atomic E-state index is -0.966. The maximum Gasteiger partial charge on any atom is 0.334 e. The second kappa shape index (κ2) is 6.72. The standard InChI is InChI=1S/C18H17N3O4/c1-2-9-20-16(23)17(24)21(18(20)25)11-15(22)19-14-8-7-12-5-3-4-6-13(12)10-14/h3-8,10H,2,9,11H2,1H3,(H,19,22). The van der Waals surface area contributed by atoms with Gasteiger partial charge in [-0.05, 0) is 29.3 Å². The molecular weight excluding hydrogens is 322 g/mol. The number of hydrogen-bond donors (Lipinski definition) is 1. The molecule has 5 amide bonds. The van der Waals surface area contributed by atoms with Crippen LogP contribution in [0.1, 0.15) is 13.3 Å². The van der Waals surface area contributed by atoms with E-state index >= 15 is 0 Å². The van der Waals surface area contributed by atoms with E-state index in [-0.39, 0.29) is 6.54 Å². The Kier molecular flexibility index (Phi) is 4.47. The summed E-state index contributed by atoms with van der Waals surface area (Å²) in [5, 5.41) is 4.64. The summed E-state index contributed by atoms with van der Waals surface area (Å²) in [5.41, 5.74) is 0.555. The van der Waals surface area contributed by atoms with Crippen molar-refractivity contribution in [3.8, 4) is 0 Å². The lowest BCUT2D eigenvalue weighted by Gasteiger charge is -2.14. The Morgan fingerprint density at radius 3 is 2.36 bits per heavy atom. The maximum absolute atomic E-state index is 12.2. The van der Waals surface area contributed by atoms with Crippen molar-refractivity contribution in [2.45, 2.75) is 13.3 Å². The highest BCUT2D eigenvalue weighted by molar-refractivity contribution is 6.45. The predicted molar refractivity (Wildman–Crippen MR) is 91.7 cm³/mol. The van der Waals surface area contributed by atoms with Crippen molar-refractivity contribution in [1.29, 1.82) is 0 Å². The van der Waals surface area contributed by atoms with Crippen LogP contribution in [0.5, 0.6) is 0 Å². The van der Waals surface area contributed by atoms with E-state index in [1.54, 1.807) is 19.1 Å². The maximum atomic E-state index is 12.2. The van der Waals surface area contributed by atoms with Crippen molar-refractivity contribution in [3.63, 3.8) is 0 Å². The fraction of sp³-hybridized carbons (Fsp3) is 0.222. The molecule has 0 atom stereocenters. The first-order chi connectivity index (χ1) is 12.0. The van der Waals surface area contributed by atoms with Gasteiger partial charge in [-0.1, -0.05) is 37.3 Å². The van der Waals surface area contributed by atoms with Gasteiger partial charge in [0.2, 0.25) is 5.91 Å². The number of hydrogen-bond acceptors (Lipinski definition) is 4. The summed E-state index contributed by atoms with van der Waals surface area (Å²) >= 11 is 0. The molecule has 1 fully saturated rings. The molecule has 128 valence electrons. The summed E-state index contributed by atoms with van der Waals surface area (Å²) < 4.78 is 0. The fourth-order valence-electron chi connectivity index (χ4n) is 2.72. The molecular formula is C18H17N3O4. The van der Waals surface area contributed by atoms with Crippen LogP contribution in [0, 0.1) is 0 Å². The third-order valence-electron chi connectivity index (χ3n) is 3.92. The lowest BCUT2D eigenvalue weighted by atomic mass is 10.1. The molecule has 0 aromatic heterocycles. The smallest absolute Gasteiger partial charge is 0.325 e. The Morgan fingerprint density at radius 1 is 0.960 bits per heavy atom. The highest BCUT2D eigenvalue weighted by Crippen LogP contribution is 2.19. The first kappa shape index (κ1) is 16.6. The van der Waals surface area contributed by atoms with Crippen LogP contribution >= 0.6 is 0 Å². The molecule has 2 aromatic carbocycles. The number of nitrogens with one attached hydrogen (secondary N) is 1. The Balaban J connectivity index is 1.70. The molecule has 0 bridgehead atoms.